The van der Waals surface area contributed by atoms with Crippen LogP contribution in [0.1, 0.15) is 36.5 Å². The SMILES string of the molecule is C[C@H](C(=O)Nc1ccc(C(=O)N2CCCCC2)cc1)N(c1ccc(F)c(F)c1)S(C)(=O)=O. The van der Waals surface area contributed by atoms with E-state index in [1.165, 1.54) is 6.92 Å². The molecule has 0 saturated carbocycles. The molecule has 2 aromatic rings. The van der Waals surface area contributed by atoms with Gasteiger partial charge in [0, 0.05) is 30.4 Å². The Morgan fingerprint density at radius 2 is 1.62 bits per heavy atom. The smallest absolute Gasteiger partial charge is 0.253 e. The van der Waals surface area contributed by atoms with E-state index in [1.54, 1.807) is 29.2 Å². The Morgan fingerprint density at radius 1 is 1.00 bits per heavy atom. The molecule has 1 atom stereocenters. The van der Waals surface area contributed by atoms with Crippen LogP contribution in [0.4, 0.5) is 20.2 Å². The highest BCUT2D eigenvalue weighted by Crippen LogP contribution is 2.24. The van der Waals surface area contributed by atoms with Gasteiger partial charge in [0.2, 0.25) is 15.9 Å². The monoisotopic (exact) mass is 465 g/mol. The lowest BCUT2D eigenvalue weighted by atomic mass is 10.1. The molecule has 1 fully saturated rings. The van der Waals surface area contributed by atoms with Gasteiger partial charge in [0.25, 0.3) is 5.91 Å². The molecule has 0 bridgehead atoms. The lowest BCUT2D eigenvalue weighted by Gasteiger charge is -2.28. The molecule has 0 spiro atoms. The Hall–Kier alpha value is -3.01. The molecule has 0 aliphatic carbocycles. The predicted molar refractivity (Wildman–Crippen MR) is 118 cm³/mol. The Morgan fingerprint density at radius 3 is 2.19 bits per heavy atom. The summed E-state index contributed by atoms with van der Waals surface area (Å²) >= 11 is 0. The Bertz CT molecular complexity index is 1100. The Labute approximate surface area is 186 Å². The van der Waals surface area contributed by atoms with Gasteiger partial charge in [-0.15, -0.1) is 0 Å². The molecule has 1 saturated heterocycles. The molecule has 7 nitrogen and oxygen atoms in total. The van der Waals surface area contributed by atoms with Crippen LogP contribution in [0.5, 0.6) is 0 Å². The number of halogens is 2. The van der Waals surface area contributed by atoms with E-state index < -0.39 is 33.6 Å². The highest BCUT2D eigenvalue weighted by atomic mass is 32.2. The van der Waals surface area contributed by atoms with Crippen LogP contribution in [0.3, 0.4) is 0 Å². The van der Waals surface area contributed by atoms with E-state index in [-0.39, 0.29) is 11.6 Å². The molecule has 32 heavy (non-hydrogen) atoms. The van der Waals surface area contributed by atoms with Crippen molar-refractivity contribution in [1.29, 1.82) is 0 Å². The van der Waals surface area contributed by atoms with Crippen LogP contribution in [-0.4, -0.2) is 50.5 Å². The number of hydrogen-bond donors (Lipinski definition) is 1. The van der Waals surface area contributed by atoms with Crippen LogP contribution in [0.2, 0.25) is 0 Å². The molecule has 0 radical (unpaired) electrons. The van der Waals surface area contributed by atoms with E-state index in [9.17, 15) is 26.8 Å². The standard InChI is InChI=1S/C22H25F2N3O4S/c1-15(27(32(2,30)31)18-10-11-19(23)20(24)14-18)21(28)25-17-8-6-16(7-9-17)22(29)26-12-4-3-5-13-26/h6-11,14-15H,3-5,12-13H2,1-2H3,(H,25,28)/t15-/m1/s1. The summed E-state index contributed by atoms with van der Waals surface area (Å²) in [6.07, 6.45) is 3.94. The number of hydrogen-bond acceptors (Lipinski definition) is 4. The third-order valence-corrected chi connectivity index (χ3v) is 6.53. The minimum absolute atomic E-state index is 0.0717. The molecule has 0 unspecified atom stereocenters. The first-order valence-electron chi connectivity index (χ1n) is 10.2. The first kappa shape index (κ1) is 23.6. The number of nitrogens with one attached hydrogen (secondary N) is 1. The van der Waals surface area contributed by atoms with Gasteiger partial charge in [-0.1, -0.05) is 0 Å². The van der Waals surface area contributed by atoms with Gasteiger partial charge >= 0.3 is 0 Å². The summed E-state index contributed by atoms with van der Waals surface area (Å²) in [5, 5.41) is 2.60. The van der Waals surface area contributed by atoms with Crippen molar-refractivity contribution in [1.82, 2.24) is 4.90 Å². The second-order valence-corrected chi connectivity index (χ2v) is 9.61. The number of sulfonamides is 1. The van der Waals surface area contributed by atoms with Gasteiger partial charge in [0.15, 0.2) is 11.6 Å². The fraction of sp³-hybridized carbons (Fsp3) is 0.364. The van der Waals surface area contributed by atoms with Crippen LogP contribution in [-0.2, 0) is 14.8 Å². The topological polar surface area (TPSA) is 86.8 Å². The number of rotatable bonds is 6. The third-order valence-electron chi connectivity index (χ3n) is 5.29. The van der Waals surface area contributed by atoms with Gasteiger partial charge in [-0.05, 0) is 62.6 Å². The zero-order chi connectivity index (χ0) is 23.5. The molecular formula is C22H25F2N3O4S. The maximum absolute atomic E-state index is 13.6. The number of likely N-dealkylation sites (tertiary alicyclic amines) is 1. The number of benzene rings is 2. The molecule has 1 aliphatic heterocycles. The Balaban J connectivity index is 1.74. The van der Waals surface area contributed by atoms with Crippen LogP contribution in [0.15, 0.2) is 42.5 Å². The van der Waals surface area contributed by atoms with E-state index in [2.05, 4.69) is 5.32 Å². The normalized spacial score (nSPS) is 15.2. The van der Waals surface area contributed by atoms with Crippen molar-refractivity contribution >= 4 is 33.2 Å². The van der Waals surface area contributed by atoms with E-state index >= 15 is 0 Å². The van der Waals surface area contributed by atoms with Gasteiger partial charge in [-0.3, -0.25) is 13.9 Å². The first-order valence-corrected chi connectivity index (χ1v) is 12.1. The molecule has 0 aromatic heterocycles. The lowest BCUT2D eigenvalue weighted by molar-refractivity contribution is -0.116. The zero-order valence-electron chi connectivity index (χ0n) is 17.8. The minimum atomic E-state index is -3.98. The molecular weight excluding hydrogens is 440 g/mol. The number of piperidine rings is 1. The third kappa shape index (κ3) is 5.42. The maximum Gasteiger partial charge on any atom is 0.253 e. The molecule has 2 aromatic carbocycles. The van der Waals surface area contributed by atoms with Crippen molar-refractivity contribution in [3.8, 4) is 0 Å². The van der Waals surface area contributed by atoms with Crippen LogP contribution in [0.25, 0.3) is 0 Å². The van der Waals surface area contributed by atoms with Gasteiger partial charge in [-0.25, -0.2) is 17.2 Å². The average Bonchev–Trinajstić information content (AvgIpc) is 2.76. The molecule has 10 heteroatoms. The largest absolute Gasteiger partial charge is 0.339 e. The Kier molecular flexibility index (Phi) is 7.12. The highest BCUT2D eigenvalue weighted by Gasteiger charge is 2.30. The maximum atomic E-state index is 13.6. The molecule has 1 heterocycles. The quantitative estimate of drug-likeness (QED) is 0.709. The van der Waals surface area contributed by atoms with Crippen LogP contribution >= 0.6 is 0 Å². The van der Waals surface area contributed by atoms with Crippen molar-refractivity contribution in [2.45, 2.75) is 32.2 Å². The minimum Gasteiger partial charge on any atom is -0.339 e. The summed E-state index contributed by atoms with van der Waals surface area (Å²) in [5.74, 6) is -3.09. The van der Waals surface area contributed by atoms with Crippen molar-refractivity contribution in [2.75, 3.05) is 29.0 Å². The predicted octanol–water partition coefficient (Wildman–Crippen LogP) is 3.38. The summed E-state index contributed by atoms with van der Waals surface area (Å²) in [4.78, 5) is 27.1. The molecule has 1 aliphatic rings. The molecule has 172 valence electrons. The average molecular weight is 466 g/mol. The van der Waals surface area contributed by atoms with Crippen molar-refractivity contribution in [2.24, 2.45) is 0 Å². The number of carbonyl (C=O) groups is 2. The van der Waals surface area contributed by atoms with Crippen LogP contribution in [0, 0.1) is 11.6 Å². The number of anilines is 2. The summed E-state index contributed by atoms with van der Waals surface area (Å²) in [5.41, 5.74) is 0.699. The van der Waals surface area contributed by atoms with Gasteiger partial charge in [0.1, 0.15) is 6.04 Å². The fourth-order valence-corrected chi connectivity index (χ4v) is 4.82. The zero-order valence-corrected chi connectivity index (χ0v) is 18.7. The number of nitrogens with zero attached hydrogens (tertiary/aromatic N) is 2. The van der Waals surface area contributed by atoms with E-state index in [1.807, 2.05) is 0 Å². The number of amides is 2. The number of carbonyl (C=O) groups excluding carboxylic acids is 2. The second kappa shape index (κ2) is 9.64. The van der Waals surface area contributed by atoms with E-state index in [0.29, 0.717) is 11.3 Å². The van der Waals surface area contributed by atoms with Gasteiger partial charge in [-0.2, -0.15) is 0 Å². The van der Waals surface area contributed by atoms with Gasteiger partial charge in [0.05, 0.1) is 11.9 Å². The molecule has 1 N–H and O–H groups in total. The lowest BCUT2D eigenvalue weighted by Crippen LogP contribution is -2.45. The summed E-state index contributed by atoms with van der Waals surface area (Å²) in [6.45, 7) is 2.78. The molecule has 2 amide bonds. The highest BCUT2D eigenvalue weighted by molar-refractivity contribution is 7.92. The van der Waals surface area contributed by atoms with E-state index in [0.717, 1.165) is 61.1 Å². The second-order valence-electron chi connectivity index (χ2n) is 7.75. The summed E-state index contributed by atoms with van der Waals surface area (Å²) in [7, 11) is -3.98. The summed E-state index contributed by atoms with van der Waals surface area (Å²) < 4.78 is 52.2. The fourth-order valence-electron chi connectivity index (χ4n) is 3.65. The first-order chi connectivity index (χ1) is 15.1. The van der Waals surface area contributed by atoms with E-state index in [4.69, 9.17) is 0 Å². The van der Waals surface area contributed by atoms with Gasteiger partial charge < -0.3 is 10.2 Å². The van der Waals surface area contributed by atoms with Crippen molar-refractivity contribution in [3.05, 3.63) is 59.7 Å². The molecule has 3 rings (SSSR count). The van der Waals surface area contributed by atoms with Crippen LogP contribution < -0.4 is 9.62 Å². The van der Waals surface area contributed by atoms with Crippen molar-refractivity contribution < 1.29 is 26.8 Å². The van der Waals surface area contributed by atoms with Crippen molar-refractivity contribution in [3.63, 3.8) is 0 Å². The summed E-state index contributed by atoms with van der Waals surface area (Å²) in [6, 6.07) is 7.68.